The van der Waals surface area contributed by atoms with Crippen LogP contribution in [0.25, 0.3) is 22.4 Å². The molecule has 7 N–H and O–H groups in total. The molecule has 0 saturated heterocycles. The van der Waals surface area contributed by atoms with Gasteiger partial charge in [0, 0.05) is 30.3 Å². The zero-order valence-electron chi connectivity index (χ0n) is 25.7. The van der Waals surface area contributed by atoms with Crippen molar-refractivity contribution in [1.29, 1.82) is 5.41 Å². The standard InChI is InChI=1S/C34H30Cl2F3N7O3/c35-25-11-10-24(17-26(25)36)49-23-7-2-5-20(15-23)31-45-27-16-21(32(48)44-18-19-4-1-6-22(14-19)34(37,38)39)9-12-28(27)46(31)29(30(40)47)8-3-13-43-33(41)42/h1-2,4-7,9-12,14-17,29H,3,8,13,18H2,(H2,40,47)(H,44,48)(H4,41,42,43)/t29-/m0/s1. The van der Waals surface area contributed by atoms with E-state index in [1.54, 1.807) is 53.1 Å². The van der Waals surface area contributed by atoms with Crippen molar-refractivity contribution in [3.8, 4) is 22.9 Å². The van der Waals surface area contributed by atoms with Crippen LogP contribution in [0.2, 0.25) is 10.0 Å². The summed E-state index contributed by atoms with van der Waals surface area (Å²) in [5.41, 5.74) is 12.4. The molecule has 5 rings (SSSR count). The molecule has 0 aliphatic rings. The molecule has 10 nitrogen and oxygen atoms in total. The molecule has 0 spiro atoms. The highest BCUT2D eigenvalue weighted by Gasteiger charge is 2.30. The number of halogens is 5. The SMILES string of the molecule is N=C(N)NCCC[C@@H](C(N)=O)n1c(-c2cccc(Oc3ccc(Cl)c(Cl)c3)c2)nc2cc(C(=O)NCc3cccc(C(F)(F)F)c3)ccc21. The Bertz CT molecular complexity index is 2030. The Kier molecular flexibility index (Phi) is 10.6. The topological polar surface area (TPSA) is 161 Å². The number of amides is 2. The summed E-state index contributed by atoms with van der Waals surface area (Å²) in [5, 5.41) is 13.5. The lowest BCUT2D eigenvalue weighted by atomic mass is 10.1. The number of rotatable bonds is 12. The third-order valence-electron chi connectivity index (χ3n) is 7.49. The third-order valence-corrected chi connectivity index (χ3v) is 8.23. The number of fused-ring (bicyclic) bond motifs is 1. The van der Waals surface area contributed by atoms with Crippen LogP contribution in [-0.4, -0.2) is 33.9 Å². The van der Waals surface area contributed by atoms with Gasteiger partial charge in [-0.15, -0.1) is 0 Å². The Hall–Kier alpha value is -5.27. The molecule has 49 heavy (non-hydrogen) atoms. The van der Waals surface area contributed by atoms with Gasteiger partial charge in [0.15, 0.2) is 5.96 Å². The largest absolute Gasteiger partial charge is 0.457 e. The predicted octanol–water partition coefficient (Wildman–Crippen LogP) is 7.04. The van der Waals surface area contributed by atoms with Gasteiger partial charge < -0.3 is 31.4 Å². The van der Waals surface area contributed by atoms with Gasteiger partial charge in [0.05, 0.1) is 26.6 Å². The second-order valence-corrected chi connectivity index (χ2v) is 11.8. The van der Waals surface area contributed by atoms with Crippen molar-refractivity contribution in [1.82, 2.24) is 20.2 Å². The van der Waals surface area contributed by atoms with Gasteiger partial charge in [-0.1, -0.05) is 47.5 Å². The Morgan fingerprint density at radius 3 is 2.39 bits per heavy atom. The number of hydrogen-bond donors (Lipinski definition) is 5. The van der Waals surface area contributed by atoms with Crippen molar-refractivity contribution >= 4 is 52.0 Å². The molecule has 2 amide bonds. The number of imidazole rings is 1. The van der Waals surface area contributed by atoms with E-state index in [1.807, 2.05) is 0 Å². The van der Waals surface area contributed by atoms with Crippen LogP contribution in [0.1, 0.15) is 40.4 Å². The summed E-state index contributed by atoms with van der Waals surface area (Å²) in [7, 11) is 0. The Labute approximate surface area is 288 Å². The van der Waals surface area contributed by atoms with E-state index in [4.69, 9.17) is 49.8 Å². The number of ether oxygens (including phenoxy) is 1. The molecule has 0 radical (unpaired) electrons. The lowest BCUT2D eigenvalue weighted by Gasteiger charge is -2.20. The maximum atomic E-state index is 13.2. The molecular formula is C34H30Cl2F3N7O3. The number of aromatic nitrogens is 2. The number of nitrogens with two attached hydrogens (primary N) is 2. The van der Waals surface area contributed by atoms with Gasteiger partial charge in [-0.25, -0.2) is 4.98 Å². The van der Waals surface area contributed by atoms with E-state index >= 15 is 0 Å². The summed E-state index contributed by atoms with van der Waals surface area (Å²) in [5.74, 6) is -0.135. The average molecular weight is 713 g/mol. The first kappa shape index (κ1) is 35.0. The minimum Gasteiger partial charge on any atom is -0.457 e. The second-order valence-electron chi connectivity index (χ2n) is 11.0. The number of guanidine groups is 1. The van der Waals surface area contributed by atoms with E-state index in [-0.39, 0.29) is 30.1 Å². The van der Waals surface area contributed by atoms with E-state index in [0.717, 1.165) is 12.1 Å². The van der Waals surface area contributed by atoms with Crippen LogP contribution >= 0.6 is 23.2 Å². The number of carbonyl (C=O) groups excluding carboxylic acids is 2. The molecule has 4 aromatic carbocycles. The summed E-state index contributed by atoms with van der Waals surface area (Å²) < 4.78 is 47.2. The van der Waals surface area contributed by atoms with Crippen molar-refractivity contribution in [2.75, 3.05) is 6.54 Å². The zero-order valence-corrected chi connectivity index (χ0v) is 27.2. The van der Waals surface area contributed by atoms with Crippen molar-refractivity contribution in [2.45, 2.75) is 31.6 Å². The number of nitrogens with one attached hydrogen (secondary N) is 3. The quantitative estimate of drug-likeness (QED) is 0.0530. The van der Waals surface area contributed by atoms with E-state index < -0.39 is 29.6 Å². The highest BCUT2D eigenvalue weighted by molar-refractivity contribution is 6.42. The van der Waals surface area contributed by atoms with Gasteiger partial charge in [-0.2, -0.15) is 13.2 Å². The molecule has 254 valence electrons. The molecule has 1 aromatic heterocycles. The van der Waals surface area contributed by atoms with Gasteiger partial charge in [0.2, 0.25) is 5.91 Å². The first-order valence-corrected chi connectivity index (χ1v) is 15.6. The highest BCUT2D eigenvalue weighted by Crippen LogP contribution is 2.35. The average Bonchev–Trinajstić information content (AvgIpc) is 3.43. The van der Waals surface area contributed by atoms with Crippen LogP contribution in [0.5, 0.6) is 11.5 Å². The van der Waals surface area contributed by atoms with Crippen molar-refractivity contribution in [3.05, 3.63) is 112 Å². The molecule has 0 bridgehead atoms. The molecule has 0 fully saturated rings. The second kappa shape index (κ2) is 14.9. The number of hydrogen-bond acceptors (Lipinski definition) is 5. The molecule has 0 aliphatic heterocycles. The highest BCUT2D eigenvalue weighted by atomic mass is 35.5. The zero-order chi connectivity index (χ0) is 35.3. The fourth-order valence-corrected chi connectivity index (χ4v) is 5.48. The number of primary amides is 1. The van der Waals surface area contributed by atoms with Crippen molar-refractivity contribution in [2.24, 2.45) is 11.5 Å². The molecular weight excluding hydrogens is 682 g/mol. The van der Waals surface area contributed by atoms with Gasteiger partial charge in [0.25, 0.3) is 5.91 Å². The van der Waals surface area contributed by atoms with Crippen LogP contribution in [-0.2, 0) is 17.5 Å². The van der Waals surface area contributed by atoms with E-state index in [9.17, 15) is 22.8 Å². The minimum atomic E-state index is -4.51. The summed E-state index contributed by atoms with van der Waals surface area (Å²) in [6.07, 6.45) is -3.81. The molecule has 0 aliphatic carbocycles. The first-order valence-electron chi connectivity index (χ1n) is 14.9. The number of benzene rings is 4. The van der Waals surface area contributed by atoms with E-state index in [0.29, 0.717) is 56.9 Å². The molecule has 15 heteroatoms. The van der Waals surface area contributed by atoms with Crippen LogP contribution < -0.4 is 26.8 Å². The summed E-state index contributed by atoms with van der Waals surface area (Å²) >= 11 is 12.2. The fraction of sp³-hybridized carbons (Fsp3) is 0.176. The lowest BCUT2D eigenvalue weighted by molar-refractivity contribution is -0.137. The van der Waals surface area contributed by atoms with Crippen LogP contribution in [0, 0.1) is 5.41 Å². The van der Waals surface area contributed by atoms with Gasteiger partial charge in [-0.3, -0.25) is 15.0 Å². The number of carbonyl (C=O) groups is 2. The smallest absolute Gasteiger partial charge is 0.416 e. The third kappa shape index (κ3) is 8.61. The minimum absolute atomic E-state index is 0.135. The summed E-state index contributed by atoms with van der Waals surface area (Å²) in [6.45, 7) is 0.189. The van der Waals surface area contributed by atoms with Crippen molar-refractivity contribution in [3.63, 3.8) is 0 Å². The monoisotopic (exact) mass is 711 g/mol. The summed E-state index contributed by atoms with van der Waals surface area (Å²) in [4.78, 5) is 30.8. The molecule has 5 aromatic rings. The van der Waals surface area contributed by atoms with E-state index in [1.165, 1.54) is 24.3 Å². The van der Waals surface area contributed by atoms with Crippen LogP contribution in [0.4, 0.5) is 13.2 Å². The molecule has 0 saturated carbocycles. The number of alkyl halides is 3. The van der Waals surface area contributed by atoms with Gasteiger partial charge in [-0.05, 0) is 73.0 Å². The molecule has 1 atom stereocenters. The number of nitrogens with zero attached hydrogens (tertiary/aromatic N) is 2. The Morgan fingerprint density at radius 2 is 1.67 bits per heavy atom. The Balaban J connectivity index is 1.49. The predicted molar refractivity (Wildman–Crippen MR) is 182 cm³/mol. The van der Waals surface area contributed by atoms with Crippen LogP contribution in [0.15, 0.2) is 84.9 Å². The van der Waals surface area contributed by atoms with Crippen LogP contribution in [0.3, 0.4) is 0 Å². The Morgan fingerprint density at radius 1 is 0.918 bits per heavy atom. The van der Waals surface area contributed by atoms with Gasteiger partial charge >= 0.3 is 6.18 Å². The van der Waals surface area contributed by atoms with Gasteiger partial charge in [0.1, 0.15) is 23.4 Å². The lowest BCUT2D eigenvalue weighted by Crippen LogP contribution is -2.32. The van der Waals surface area contributed by atoms with E-state index in [2.05, 4.69) is 10.6 Å². The molecule has 1 heterocycles. The first-order chi connectivity index (χ1) is 23.3. The normalized spacial score (nSPS) is 12.0. The maximum Gasteiger partial charge on any atom is 0.416 e. The summed E-state index contributed by atoms with van der Waals surface area (Å²) in [6, 6.07) is 20.3. The molecule has 0 unspecified atom stereocenters. The maximum absolute atomic E-state index is 13.2. The fourth-order valence-electron chi connectivity index (χ4n) is 5.19. The van der Waals surface area contributed by atoms with Crippen molar-refractivity contribution < 1.29 is 27.5 Å².